The lowest BCUT2D eigenvalue weighted by molar-refractivity contribution is -0.385. The summed E-state index contributed by atoms with van der Waals surface area (Å²) in [5.41, 5.74) is 1.17. The molecule has 2 aromatic rings. The van der Waals surface area contributed by atoms with Crippen LogP contribution in [0.1, 0.15) is 11.1 Å². The summed E-state index contributed by atoms with van der Waals surface area (Å²) >= 11 is 0. The van der Waals surface area contributed by atoms with Crippen LogP contribution in [-0.2, 0) is 13.2 Å². The van der Waals surface area contributed by atoms with Crippen molar-refractivity contribution in [3.8, 4) is 5.75 Å². The molecule has 0 atom stereocenters. The van der Waals surface area contributed by atoms with Gasteiger partial charge in [0.2, 0.25) is 0 Å². The molecule has 2 aromatic carbocycles. The van der Waals surface area contributed by atoms with Gasteiger partial charge in [0.1, 0.15) is 6.61 Å². The summed E-state index contributed by atoms with van der Waals surface area (Å²) in [5.74, 6) is -0.408. The molecule has 5 nitrogen and oxygen atoms in total. The van der Waals surface area contributed by atoms with Crippen molar-refractivity contribution < 1.29 is 14.1 Å². The summed E-state index contributed by atoms with van der Waals surface area (Å²) in [6.07, 6.45) is 0. The van der Waals surface area contributed by atoms with Crippen molar-refractivity contribution in [2.75, 3.05) is 7.05 Å². The van der Waals surface area contributed by atoms with Crippen molar-refractivity contribution in [2.45, 2.75) is 13.2 Å². The highest BCUT2D eigenvalue weighted by molar-refractivity contribution is 5.40. The Hall–Kier alpha value is -2.47. The van der Waals surface area contributed by atoms with Gasteiger partial charge in [-0.15, -0.1) is 0 Å². The quantitative estimate of drug-likeness (QED) is 0.656. The summed E-state index contributed by atoms with van der Waals surface area (Å²) in [4.78, 5) is 10.4. The summed E-state index contributed by atoms with van der Waals surface area (Å²) in [7, 11) is 1.77. The van der Waals surface area contributed by atoms with Crippen molar-refractivity contribution in [3.63, 3.8) is 0 Å². The number of nitrogens with zero attached hydrogens (tertiary/aromatic N) is 1. The van der Waals surface area contributed by atoms with E-state index in [9.17, 15) is 14.5 Å². The Kier molecular flexibility index (Phi) is 4.84. The molecule has 0 bridgehead atoms. The summed E-state index contributed by atoms with van der Waals surface area (Å²) in [5, 5.41) is 13.8. The average molecular weight is 290 g/mol. The molecule has 0 fully saturated rings. The minimum absolute atomic E-state index is 0.0373. The van der Waals surface area contributed by atoms with Gasteiger partial charge in [-0.05, 0) is 30.8 Å². The standard InChI is InChI=1S/C15H15FN2O3/c1-17-9-11-6-7-15(13(16)8-11)21-10-12-4-2-3-5-14(12)18(19)20/h2-8,17H,9-10H2,1H3. The summed E-state index contributed by atoms with van der Waals surface area (Å²) in [6.45, 7) is 0.501. The third-order valence-corrected chi connectivity index (χ3v) is 2.95. The third kappa shape index (κ3) is 3.76. The molecular weight excluding hydrogens is 275 g/mol. The van der Waals surface area contributed by atoms with E-state index in [1.165, 1.54) is 18.2 Å². The third-order valence-electron chi connectivity index (χ3n) is 2.95. The Morgan fingerprint density at radius 3 is 2.71 bits per heavy atom. The first kappa shape index (κ1) is 14.9. The lowest BCUT2D eigenvalue weighted by Crippen LogP contribution is -2.06. The zero-order chi connectivity index (χ0) is 15.2. The number of nitro groups is 1. The number of hydrogen-bond acceptors (Lipinski definition) is 4. The van der Waals surface area contributed by atoms with Gasteiger partial charge >= 0.3 is 0 Å². The fourth-order valence-corrected chi connectivity index (χ4v) is 1.94. The molecule has 2 rings (SSSR count). The van der Waals surface area contributed by atoms with Crippen LogP contribution in [0.25, 0.3) is 0 Å². The van der Waals surface area contributed by atoms with Gasteiger partial charge in [-0.25, -0.2) is 4.39 Å². The first-order chi connectivity index (χ1) is 10.1. The topological polar surface area (TPSA) is 64.4 Å². The van der Waals surface area contributed by atoms with Gasteiger partial charge in [0.25, 0.3) is 5.69 Å². The fraction of sp³-hybridized carbons (Fsp3) is 0.200. The largest absolute Gasteiger partial charge is 0.486 e. The van der Waals surface area contributed by atoms with Gasteiger partial charge in [-0.3, -0.25) is 10.1 Å². The molecule has 0 heterocycles. The van der Waals surface area contributed by atoms with E-state index in [-0.39, 0.29) is 18.0 Å². The molecule has 0 saturated heterocycles. The number of nitro benzene ring substituents is 1. The zero-order valence-corrected chi connectivity index (χ0v) is 11.5. The molecule has 0 aliphatic heterocycles. The Bertz CT molecular complexity index is 647. The molecule has 1 N–H and O–H groups in total. The van der Waals surface area contributed by atoms with Crippen LogP contribution in [0.15, 0.2) is 42.5 Å². The highest BCUT2D eigenvalue weighted by atomic mass is 19.1. The van der Waals surface area contributed by atoms with Gasteiger partial charge in [0.05, 0.1) is 10.5 Å². The van der Waals surface area contributed by atoms with Gasteiger partial charge in [-0.1, -0.05) is 18.2 Å². The number of rotatable bonds is 6. The van der Waals surface area contributed by atoms with E-state index < -0.39 is 10.7 Å². The van der Waals surface area contributed by atoms with Gasteiger partial charge in [0, 0.05) is 12.6 Å². The second-order valence-electron chi connectivity index (χ2n) is 4.47. The van der Waals surface area contributed by atoms with E-state index in [0.29, 0.717) is 12.1 Å². The van der Waals surface area contributed by atoms with Crippen LogP contribution >= 0.6 is 0 Å². The zero-order valence-electron chi connectivity index (χ0n) is 11.5. The molecule has 0 amide bonds. The average Bonchev–Trinajstić information content (AvgIpc) is 2.47. The lowest BCUT2D eigenvalue weighted by atomic mass is 10.2. The number of para-hydroxylation sites is 1. The fourth-order valence-electron chi connectivity index (χ4n) is 1.94. The Morgan fingerprint density at radius 2 is 2.05 bits per heavy atom. The van der Waals surface area contributed by atoms with E-state index in [2.05, 4.69) is 5.32 Å². The van der Waals surface area contributed by atoms with Crippen LogP contribution in [0, 0.1) is 15.9 Å². The van der Waals surface area contributed by atoms with Crippen LogP contribution in [0.4, 0.5) is 10.1 Å². The van der Waals surface area contributed by atoms with E-state index in [0.717, 1.165) is 5.56 Å². The number of nitrogens with one attached hydrogen (secondary N) is 1. The molecule has 0 aliphatic rings. The van der Waals surface area contributed by atoms with Crippen LogP contribution in [-0.4, -0.2) is 12.0 Å². The SMILES string of the molecule is CNCc1ccc(OCc2ccccc2[N+](=O)[O-])c(F)c1. The van der Waals surface area contributed by atoms with E-state index >= 15 is 0 Å². The smallest absolute Gasteiger partial charge is 0.276 e. The molecule has 110 valence electrons. The normalized spacial score (nSPS) is 10.4. The molecule has 0 radical (unpaired) electrons. The van der Waals surface area contributed by atoms with Crippen molar-refractivity contribution in [3.05, 3.63) is 69.5 Å². The number of ether oxygens (including phenoxy) is 1. The predicted octanol–water partition coefficient (Wildman–Crippen LogP) is 3.03. The van der Waals surface area contributed by atoms with Gasteiger partial charge in [0.15, 0.2) is 11.6 Å². The second kappa shape index (κ2) is 6.81. The molecule has 21 heavy (non-hydrogen) atoms. The molecule has 0 spiro atoms. The number of hydrogen-bond donors (Lipinski definition) is 1. The van der Waals surface area contributed by atoms with Crippen molar-refractivity contribution in [1.29, 1.82) is 0 Å². The molecule has 0 aromatic heterocycles. The first-order valence-corrected chi connectivity index (χ1v) is 6.40. The van der Waals surface area contributed by atoms with Crippen LogP contribution in [0.3, 0.4) is 0 Å². The Labute approximate surface area is 121 Å². The van der Waals surface area contributed by atoms with E-state index in [4.69, 9.17) is 4.74 Å². The van der Waals surface area contributed by atoms with Crippen LogP contribution < -0.4 is 10.1 Å². The van der Waals surface area contributed by atoms with Crippen molar-refractivity contribution >= 4 is 5.69 Å². The lowest BCUT2D eigenvalue weighted by Gasteiger charge is -2.09. The van der Waals surface area contributed by atoms with Gasteiger partial charge < -0.3 is 10.1 Å². The summed E-state index contributed by atoms with van der Waals surface area (Å²) in [6, 6.07) is 10.9. The monoisotopic (exact) mass is 290 g/mol. The summed E-state index contributed by atoms with van der Waals surface area (Å²) < 4.78 is 19.2. The number of benzene rings is 2. The van der Waals surface area contributed by atoms with Crippen LogP contribution in [0.2, 0.25) is 0 Å². The predicted molar refractivity (Wildman–Crippen MR) is 76.6 cm³/mol. The van der Waals surface area contributed by atoms with Crippen LogP contribution in [0.5, 0.6) is 5.75 Å². The highest BCUT2D eigenvalue weighted by Crippen LogP contribution is 2.23. The first-order valence-electron chi connectivity index (χ1n) is 6.40. The maximum Gasteiger partial charge on any atom is 0.276 e. The minimum Gasteiger partial charge on any atom is -0.486 e. The maximum atomic E-state index is 13.8. The van der Waals surface area contributed by atoms with E-state index in [1.807, 2.05) is 0 Å². The minimum atomic E-state index is -0.485. The maximum absolute atomic E-state index is 13.8. The molecule has 0 aliphatic carbocycles. The highest BCUT2D eigenvalue weighted by Gasteiger charge is 2.13. The van der Waals surface area contributed by atoms with E-state index in [1.54, 1.807) is 31.3 Å². The molecule has 0 unspecified atom stereocenters. The Balaban J connectivity index is 2.12. The molecule has 0 saturated carbocycles. The van der Waals surface area contributed by atoms with Gasteiger partial charge in [-0.2, -0.15) is 0 Å². The second-order valence-corrected chi connectivity index (χ2v) is 4.47. The Morgan fingerprint density at radius 1 is 1.29 bits per heavy atom. The molecule has 6 heteroatoms. The molecular formula is C15H15FN2O3. The van der Waals surface area contributed by atoms with Crippen molar-refractivity contribution in [2.24, 2.45) is 0 Å². The van der Waals surface area contributed by atoms with Crippen molar-refractivity contribution in [1.82, 2.24) is 5.32 Å². The number of halogens is 1.